The largest absolute Gasteiger partial charge is 0.362 e. The zero-order valence-electron chi connectivity index (χ0n) is 11.6. The molecule has 1 heterocycles. The molecule has 2 aliphatic carbocycles. The van der Waals surface area contributed by atoms with E-state index in [-0.39, 0.29) is 0 Å². The van der Waals surface area contributed by atoms with Crippen molar-refractivity contribution < 1.29 is 0 Å². The minimum absolute atomic E-state index is 0.580. The molecular weight excluding hydrogens is 240 g/mol. The number of thioether (sulfide) groups is 1. The molecule has 2 saturated carbocycles. The number of aliphatic imine (C=N–C) groups is 1. The molecule has 0 radical (unpaired) electrons. The van der Waals surface area contributed by atoms with Gasteiger partial charge < -0.3 is 5.32 Å². The van der Waals surface area contributed by atoms with Gasteiger partial charge in [0, 0.05) is 18.3 Å². The average Bonchev–Trinajstić information content (AvgIpc) is 2.84. The SMILES string of the molecule is CC1CCC(NC2=NCC3(CCCC3)CS2)CC1. The molecule has 0 atom stereocenters. The van der Waals surface area contributed by atoms with Crippen molar-refractivity contribution >= 4 is 16.9 Å². The summed E-state index contributed by atoms with van der Waals surface area (Å²) in [5.74, 6) is 2.24. The second-order valence-corrected chi connectivity index (χ2v) is 7.68. The Morgan fingerprint density at radius 2 is 1.89 bits per heavy atom. The molecular formula is C15H26N2S. The minimum atomic E-state index is 0.580. The summed E-state index contributed by atoms with van der Waals surface area (Å²) in [6.45, 7) is 3.47. The van der Waals surface area contributed by atoms with Crippen LogP contribution in [0.25, 0.3) is 0 Å². The molecule has 0 bridgehead atoms. The lowest BCUT2D eigenvalue weighted by Crippen LogP contribution is -2.40. The van der Waals surface area contributed by atoms with Crippen molar-refractivity contribution in [3.05, 3.63) is 0 Å². The van der Waals surface area contributed by atoms with Gasteiger partial charge in [-0.3, -0.25) is 4.99 Å². The Balaban J connectivity index is 1.51. The van der Waals surface area contributed by atoms with Crippen LogP contribution in [0.15, 0.2) is 4.99 Å². The predicted molar refractivity (Wildman–Crippen MR) is 80.2 cm³/mol. The summed E-state index contributed by atoms with van der Waals surface area (Å²) in [6.07, 6.45) is 11.1. The van der Waals surface area contributed by atoms with Crippen LogP contribution in [0.3, 0.4) is 0 Å². The summed E-state index contributed by atoms with van der Waals surface area (Å²) in [7, 11) is 0. The number of hydrogen-bond acceptors (Lipinski definition) is 3. The lowest BCUT2D eigenvalue weighted by Gasteiger charge is -2.33. The molecule has 2 fully saturated rings. The van der Waals surface area contributed by atoms with Crippen LogP contribution in [0.4, 0.5) is 0 Å². The van der Waals surface area contributed by atoms with E-state index in [0.29, 0.717) is 11.5 Å². The van der Waals surface area contributed by atoms with E-state index in [2.05, 4.69) is 12.2 Å². The molecule has 1 N–H and O–H groups in total. The number of rotatable bonds is 1. The number of nitrogens with zero attached hydrogens (tertiary/aromatic N) is 1. The van der Waals surface area contributed by atoms with E-state index >= 15 is 0 Å². The van der Waals surface area contributed by atoms with Gasteiger partial charge in [-0.1, -0.05) is 31.5 Å². The van der Waals surface area contributed by atoms with Crippen LogP contribution in [0.2, 0.25) is 0 Å². The van der Waals surface area contributed by atoms with Crippen molar-refractivity contribution in [2.75, 3.05) is 12.3 Å². The second kappa shape index (κ2) is 5.44. The van der Waals surface area contributed by atoms with Gasteiger partial charge >= 0.3 is 0 Å². The molecule has 2 nitrogen and oxygen atoms in total. The van der Waals surface area contributed by atoms with Crippen LogP contribution in [0, 0.1) is 11.3 Å². The second-order valence-electron chi connectivity index (χ2n) is 6.72. The van der Waals surface area contributed by atoms with Crippen molar-refractivity contribution in [2.24, 2.45) is 16.3 Å². The molecule has 18 heavy (non-hydrogen) atoms. The third-order valence-electron chi connectivity index (χ3n) is 5.08. The van der Waals surface area contributed by atoms with Crippen molar-refractivity contribution in [1.29, 1.82) is 0 Å². The van der Waals surface area contributed by atoms with E-state index < -0.39 is 0 Å². The first-order valence-electron chi connectivity index (χ1n) is 7.70. The van der Waals surface area contributed by atoms with E-state index in [0.717, 1.165) is 12.5 Å². The maximum Gasteiger partial charge on any atom is 0.156 e. The Bertz CT molecular complexity index is 312. The summed E-state index contributed by atoms with van der Waals surface area (Å²) in [5.41, 5.74) is 0.580. The first-order valence-corrected chi connectivity index (χ1v) is 8.68. The fourth-order valence-electron chi connectivity index (χ4n) is 3.65. The van der Waals surface area contributed by atoms with E-state index in [4.69, 9.17) is 4.99 Å². The van der Waals surface area contributed by atoms with Gasteiger partial charge in [0.1, 0.15) is 0 Å². The predicted octanol–water partition coefficient (Wildman–Crippen LogP) is 3.82. The first-order chi connectivity index (χ1) is 8.76. The minimum Gasteiger partial charge on any atom is -0.362 e. The van der Waals surface area contributed by atoms with Crippen molar-refractivity contribution in [3.63, 3.8) is 0 Å². The molecule has 0 aromatic heterocycles. The van der Waals surface area contributed by atoms with Gasteiger partial charge in [0.15, 0.2) is 5.17 Å². The van der Waals surface area contributed by atoms with Gasteiger partial charge in [0.2, 0.25) is 0 Å². The van der Waals surface area contributed by atoms with Crippen LogP contribution in [0.1, 0.15) is 58.3 Å². The van der Waals surface area contributed by atoms with Crippen LogP contribution in [-0.4, -0.2) is 23.5 Å². The monoisotopic (exact) mass is 266 g/mol. The molecule has 1 spiro atoms. The summed E-state index contributed by atoms with van der Waals surface area (Å²) < 4.78 is 0. The quantitative estimate of drug-likeness (QED) is 0.780. The van der Waals surface area contributed by atoms with E-state index in [1.165, 1.54) is 62.3 Å². The molecule has 0 unspecified atom stereocenters. The van der Waals surface area contributed by atoms with Gasteiger partial charge in [0.25, 0.3) is 0 Å². The molecule has 0 aromatic carbocycles. The van der Waals surface area contributed by atoms with Crippen molar-refractivity contribution in [1.82, 2.24) is 5.32 Å². The smallest absolute Gasteiger partial charge is 0.156 e. The molecule has 0 saturated heterocycles. The Morgan fingerprint density at radius 3 is 2.50 bits per heavy atom. The lowest BCUT2D eigenvalue weighted by molar-refractivity contribution is 0.329. The fourth-order valence-corrected chi connectivity index (χ4v) is 4.87. The highest BCUT2D eigenvalue weighted by Crippen LogP contribution is 2.43. The van der Waals surface area contributed by atoms with Crippen molar-refractivity contribution in [2.45, 2.75) is 64.3 Å². The summed E-state index contributed by atoms with van der Waals surface area (Å²) in [4.78, 5) is 4.85. The Hall–Kier alpha value is -0.180. The van der Waals surface area contributed by atoms with Gasteiger partial charge in [-0.05, 0) is 49.9 Å². The van der Waals surface area contributed by atoms with Crippen LogP contribution >= 0.6 is 11.8 Å². The number of amidine groups is 1. The van der Waals surface area contributed by atoms with Crippen LogP contribution < -0.4 is 5.32 Å². The summed E-state index contributed by atoms with van der Waals surface area (Å²) >= 11 is 1.99. The van der Waals surface area contributed by atoms with Gasteiger partial charge in [-0.2, -0.15) is 0 Å². The highest BCUT2D eigenvalue weighted by Gasteiger charge is 2.36. The Morgan fingerprint density at radius 1 is 1.17 bits per heavy atom. The highest BCUT2D eigenvalue weighted by atomic mass is 32.2. The molecule has 0 amide bonds. The fraction of sp³-hybridized carbons (Fsp3) is 0.933. The summed E-state index contributed by atoms with van der Waals surface area (Å²) in [6, 6.07) is 0.699. The van der Waals surface area contributed by atoms with Gasteiger partial charge in [-0.15, -0.1) is 0 Å². The Labute approximate surface area is 115 Å². The highest BCUT2D eigenvalue weighted by molar-refractivity contribution is 8.13. The van der Waals surface area contributed by atoms with E-state index in [1.807, 2.05) is 11.8 Å². The maximum absolute atomic E-state index is 4.85. The molecule has 3 heteroatoms. The molecule has 3 rings (SSSR count). The molecule has 1 aliphatic heterocycles. The topological polar surface area (TPSA) is 24.4 Å². The van der Waals surface area contributed by atoms with E-state index in [1.54, 1.807) is 0 Å². The zero-order valence-corrected chi connectivity index (χ0v) is 12.4. The number of hydrogen-bond donors (Lipinski definition) is 1. The standard InChI is InChI=1S/C15H26N2S/c1-12-4-6-13(7-5-12)17-14-16-10-15(11-18-14)8-2-3-9-15/h12-13H,2-11H2,1H3,(H,16,17). The lowest BCUT2D eigenvalue weighted by atomic mass is 9.87. The molecule has 102 valence electrons. The van der Waals surface area contributed by atoms with Gasteiger partial charge in [0.05, 0.1) is 0 Å². The Kier molecular flexibility index (Phi) is 3.88. The normalized spacial score (nSPS) is 35.5. The average molecular weight is 266 g/mol. The third-order valence-corrected chi connectivity index (χ3v) is 6.36. The molecule has 0 aromatic rings. The van der Waals surface area contributed by atoms with Gasteiger partial charge in [-0.25, -0.2) is 0 Å². The van der Waals surface area contributed by atoms with Crippen LogP contribution in [-0.2, 0) is 0 Å². The number of nitrogens with one attached hydrogen (secondary N) is 1. The summed E-state index contributed by atoms with van der Waals surface area (Å²) in [5, 5.41) is 4.94. The zero-order chi connectivity index (χ0) is 12.4. The maximum atomic E-state index is 4.85. The van der Waals surface area contributed by atoms with Crippen LogP contribution in [0.5, 0.6) is 0 Å². The first kappa shape index (κ1) is 12.8. The third kappa shape index (κ3) is 2.87. The van der Waals surface area contributed by atoms with E-state index in [9.17, 15) is 0 Å². The molecule has 3 aliphatic rings. The van der Waals surface area contributed by atoms with Crippen molar-refractivity contribution in [3.8, 4) is 0 Å².